The van der Waals surface area contributed by atoms with E-state index in [1.54, 1.807) is 0 Å². The summed E-state index contributed by atoms with van der Waals surface area (Å²) in [5, 5.41) is 15.2. The number of aliphatic carboxylic acids is 1. The number of nitrogens with one attached hydrogen (secondary N) is 2. The molecule has 1 atom stereocenters. The van der Waals surface area contributed by atoms with Crippen molar-refractivity contribution in [1.82, 2.24) is 15.0 Å². The van der Waals surface area contributed by atoms with Crippen molar-refractivity contribution in [1.29, 1.82) is 0 Å². The van der Waals surface area contributed by atoms with E-state index in [2.05, 4.69) is 25.6 Å². The molecule has 0 aliphatic heterocycles. The van der Waals surface area contributed by atoms with Gasteiger partial charge in [-0.2, -0.15) is 39.9 Å². The number of alkyl halides is 3. The van der Waals surface area contributed by atoms with E-state index in [0.717, 1.165) is 42.0 Å². The van der Waals surface area contributed by atoms with E-state index in [-0.39, 0.29) is 34.7 Å². The Bertz CT molecular complexity index is 1420. The fourth-order valence-corrected chi connectivity index (χ4v) is 4.39. The normalized spacial score (nSPS) is 12.1. The number of hydrogen-bond acceptors (Lipinski definition) is 7. The van der Waals surface area contributed by atoms with Crippen LogP contribution in [0.3, 0.4) is 0 Å². The van der Waals surface area contributed by atoms with Gasteiger partial charge >= 0.3 is 12.1 Å². The molecule has 0 saturated heterocycles. The number of benzene rings is 3. The molecule has 1 heterocycles. The van der Waals surface area contributed by atoms with Crippen LogP contribution in [0.15, 0.2) is 72.8 Å². The van der Waals surface area contributed by atoms with Gasteiger partial charge in [-0.25, -0.2) is 13.6 Å². The Morgan fingerprint density at radius 2 is 1.54 bits per heavy atom. The fraction of sp³-hybridized carbons (Fsp3) is 0.154. The van der Waals surface area contributed by atoms with E-state index in [0.29, 0.717) is 11.8 Å². The van der Waals surface area contributed by atoms with Crippen LogP contribution < -0.4 is 10.6 Å². The molecule has 1 aromatic heterocycles. The summed E-state index contributed by atoms with van der Waals surface area (Å²) < 4.78 is 66.5. The lowest BCUT2D eigenvalue weighted by molar-refractivity contribution is -0.138. The quantitative estimate of drug-likeness (QED) is 0.192. The highest BCUT2D eigenvalue weighted by Crippen LogP contribution is 2.30. The minimum Gasteiger partial charge on any atom is -0.480 e. The van der Waals surface area contributed by atoms with Gasteiger partial charge in [-0.1, -0.05) is 30.3 Å². The molecule has 1 unspecified atom stereocenters. The highest BCUT2D eigenvalue weighted by molar-refractivity contribution is 7.98. The first kappa shape index (κ1) is 27.8. The maximum absolute atomic E-state index is 13.9. The van der Waals surface area contributed by atoms with Crippen LogP contribution in [0.1, 0.15) is 11.1 Å². The van der Waals surface area contributed by atoms with Gasteiger partial charge in [0.05, 0.1) is 5.56 Å². The highest BCUT2D eigenvalue weighted by Gasteiger charge is 2.30. The van der Waals surface area contributed by atoms with E-state index in [4.69, 9.17) is 0 Å². The van der Waals surface area contributed by atoms with Crippen molar-refractivity contribution in [3.05, 3.63) is 95.6 Å². The first-order chi connectivity index (χ1) is 18.6. The summed E-state index contributed by atoms with van der Waals surface area (Å²) in [6.07, 6.45) is -4.53. The zero-order chi connectivity index (χ0) is 28.0. The van der Waals surface area contributed by atoms with Crippen LogP contribution in [-0.2, 0) is 16.7 Å². The summed E-state index contributed by atoms with van der Waals surface area (Å²) >= 11 is 1.36. The molecule has 0 saturated carbocycles. The van der Waals surface area contributed by atoms with Gasteiger partial charge in [-0.3, -0.25) is 0 Å². The Hall–Kier alpha value is -4.26. The highest BCUT2D eigenvalue weighted by atomic mass is 32.2. The van der Waals surface area contributed by atoms with Gasteiger partial charge in [0.1, 0.15) is 17.7 Å². The third kappa shape index (κ3) is 7.87. The number of hydrogen-bond donors (Lipinski definition) is 3. The summed E-state index contributed by atoms with van der Waals surface area (Å²) in [5.74, 6) is -2.89. The van der Waals surface area contributed by atoms with Crippen LogP contribution >= 0.6 is 11.8 Å². The van der Waals surface area contributed by atoms with Crippen LogP contribution in [0.25, 0.3) is 11.4 Å². The van der Waals surface area contributed by atoms with Crippen molar-refractivity contribution in [3.63, 3.8) is 0 Å². The van der Waals surface area contributed by atoms with E-state index in [1.165, 1.54) is 11.8 Å². The largest absolute Gasteiger partial charge is 0.480 e. The Balaban J connectivity index is 1.61. The summed E-state index contributed by atoms with van der Waals surface area (Å²) in [6.45, 7) is 0. The Morgan fingerprint density at radius 1 is 0.897 bits per heavy atom. The monoisotopic (exact) mass is 561 g/mol. The molecule has 0 fully saturated rings. The van der Waals surface area contributed by atoms with Crippen molar-refractivity contribution in [2.75, 3.05) is 16.4 Å². The number of rotatable bonds is 10. The average molecular weight is 562 g/mol. The lowest BCUT2D eigenvalue weighted by atomic mass is 10.2. The lowest BCUT2D eigenvalue weighted by Crippen LogP contribution is -2.32. The molecule has 4 aromatic rings. The molecule has 202 valence electrons. The summed E-state index contributed by atoms with van der Waals surface area (Å²) in [7, 11) is 0. The number of halogens is 5. The predicted octanol–water partition coefficient (Wildman–Crippen LogP) is 6.38. The number of nitrogens with zero attached hydrogens (tertiary/aromatic N) is 3. The number of carboxylic acids is 1. The second kappa shape index (κ2) is 12.1. The number of thioether (sulfide) groups is 1. The van der Waals surface area contributed by atoms with Crippen LogP contribution in [-0.4, -0.2) is 37.8 Å². The average Bonchev–Trinajstić information content (AvgIpc) is 2.88. The maximum Gasteiger partial charge on any atom is 0.416 e. The van der Waals surface area contributed by atoms with E-state index in [1.807, 2.05) is 30.3 Å². The molecule has 0 bridgehead atoms. The molecule has 39 heavy (non-hydrogen) atoms. The molecular weight excluding hydrogens is 541 g/mol. The fourth-order valence-electron chi connectivity index (χ4n) is 3.38. The van der Waals surface area contributed by atoms with E-state index < -0.39 is 35.4 Å². The number of carboxylic acid groups (broad SMARTS) is 1. The Labute approximate surface area is 223 Å². The topological polar surface area (TPSA) is 100 Å². The van der Waals surface area contributed by atoms with Crippen molar-refractivity contribution < 1.29 is 31.9 Å². The number of anilines is 3. The van der Waals surface area contributed by atoms with Crippen LogP contribution in [0, 0.1) is 11.6 Å². The smallest absolute Gasteiger partial charge is 0.416 e. The van der Waals surface area contributed by atoms with E-state index in [9.17, 15) is 31.9 Å². The van der Waals surface area contributed by atoms with Gasteiger partial charge in [-0.15, -0.1) is 0 Å². The molecule has 0 aliphatic rings. The van der Waals surface area contributed by atoms with Gasteiger partial charge in [0.2, 0.25) is 11.9 Å². The van der Waals surface area contributed by atoms with Crippen molar-refractivity contribution in [3.8, 4) is 11.4 Å². The molecule has 7 nitrogen and oxygen atoms in total. The second-order valence-corrected chi connectivity index (χ2v) is 9.23. The molecule has 0 spiro atoms. The maximum atomic E-state index is 13.9. The summed E-state index contributed by atoms with van der Waals surface area (Å²) in [6, 6.07) is 14.9. The number of aromatic nitrogens is 3. The lowest BCUT2D eigenvalue weighted by Gasteiger charge is -2.16. The van der Waals surface area contributed by atoms with Gasteiger partial charge in [0.15, 0.2) is 5.82 Å². The second-order valence-electron chi connectivity index (χ2n) is 8.20. The van der Waals surface area contributed by atoms with Crippen molar-refractivity contribution in [2.24, 2.45) is 0 Å². The Kier molecular flexibility index (Phi) is 8.59. The standard InChI is InChI=1S/C26H20F5N5O2S/c27-18-10-16(11-19(28)12-18)22-34-24(32-20-8-6-17(7-9-20)26(29,30)31)36-25(35-22)33-21(23(37)38)14-39-13-15-4-2-1-3-5-15/h1-12,21H,13-14H2,(H,37,38)(H2,32,33,34,35,36). The molecule has 3 N–H and O–H groups in total. The zero-order valence-electron chi connectivity index (χ0n) is 19.9. The predicted molar refractivity (Wildman–Crippen MR) is 138 cm³/mol. The van der Waals surface area contributed by atoms with E-state index >= 15 is 0 Å². The van der Waals surface area contributed by atoms with Gasteiger partial charge in [0, 0.05) is 28.8 Å². The van der Waals surface area contributed by atoms with Gasteiger partial charge in [-0.05, 0) is 42.0 Å². The SMILES string of the molecule is O=C(O)C(CSCc1ccccc1)Nc1nc(Nc2ccc(C(F)(F)F)cc2)nc(-c2cc(F)cc(F)c2)n1. The molecule has 0 amide bonds. The molecule has 4 rings (SSSR count). The molecular formula is C26H20F5N5O2S. The van der Waals surface area contributed by atoms with Crippen molar-refractivity contribution >= 4 is 35.3 Å². The molecule has 0 radical (unpaired) electrons. The third-order valence-corrected chi connectivity index (χ3v) is 6.33. The van der Waals surface area contributed by atoms with Crippen molar-refractivity contribution in [2.45, 2.75) is 18.0 Å². The number of carbonyl (C=O) groups is 1. The molecule has 3 aromatic carbocycles. The van der Waals surface area contributed by atoms with Crippen LogP contribution in [0.4, 0.5) is 39.5 Å². The van der Waals surface area contributed by atoms with Gasteiger partial charge in [0.25, 0.3) is 0 Å². The zero-order valence-corrected chi connectivity index (χ0v) is 20.7. The van der Waals surface area contributed by atoms with Crippen LogP contribution in [0.5, 0.6) is 0 Å². The third-order valence-electron chi connectivity index (χ3n) is 5.22. The molecule has 13 heteroatoms. The minimum absolute atomic E-state index is 0.0567. The first-order valence-electron chi connectivity index (χ1n) is 11.3. The summed E-state index contributed by atoms with van der Waals surface area (Å²) in [5.41, 5.74) is 0.271. The van der Waals surface area contributed by atoms with Crippen LogP contribution in [0.2, 0.25) is 0 Å². The molecule has 0 aliphatic carbocycles. The first-order valence-corrected chi connectivity index (χ1v) is 12.5. The summed E-state index contributed by atoms with van der Waals surface area (Å²) in [4.78, 5) is 24.3. The van der Waals surface area contributed by atoms with Gasteiger partial charge < -0.3 is 15.7 Å². The Morgan fingerprint density at radius 3 is 2.15 bits per heavy atom. The minimum atomic E-state index is -4.53.